The molecular formula is C17H24O2. The van der Waals surface area contributed by atoms with Gasteiger partial charge in [0.15, 0.2) is 0 Å². The van der Waals surface area contributed by atoms with Crippen molar-refractivity contribution in [1.29, 1.82) is 0 Å². The van der Waals surface area contributed by atoms with E-state index >= 15 is 0 Å². The second-order valence-corrected chi connectivity index (χ2v) is 4.00. The maximum absolute atomic E-state index is 4.47. The summed E-state index contributed by atoms with van der Waals surface area (Å²) < 4.78 is 8.94. The molecule has 0 aliphatic heterocycles. The molecule has 0 unspecified atom stereocenters. The van der Waals surface area contributed by atoms with E-state index in [1.54, 1.807) is 14.2 Å². The van der Waals surface area contributed by atoms with Gasteiger partial charge in [-0.25, -0.2) is 0 Å². The normalized spacial score (nSPS) is 8.63. The van der Waals surface area contributed by atoms with Gasteiger partial charge in [0, 0.05) is 14.2 Å². The Bertz CT molecular complexity index is 345. The summed E-state index contributed by atoms with van der Waals surface area (Å²) in [5, 5.41) is 0. The molecule has 2 nitrogen and oxygen atoms in total. The molecule has 104 valence electrons. The van der Waals surface area contributed by atoms with Crippen LogP contribution in [0.5, 0.6) is 0 Å². The fourth-order valence-corrected chi connectivity index (χ4v) is 1.19. The molecule has 0 radical (unpaired) electrons. The van der Waals surface area contributed by atoms with Crippen LogP contribution in [0.4, 0.5) is 0 Å². The molecule has 0 saturated heterocycles. The third-order valence-electron chi connectivity index (χ3n) is 2.12. The van der Waals surface area contributed by atoms with Gasteiger partial charge < -0.3 is 9.47 Å². The molecule has 0 aromatic heterocycles. The fraction of sp³-hybridized carbons (Fsp3) is 0.294. The third-order valence-corrected chi connectivity index (χ3v) is 2.12. The predicted molar refractivity (Wildman–Crippen MR) is 81.2 cm³/mol. The number of methoxy groups -OCH3 is 2. The second kappa shape index (κ2) is 12.8. The van der Waals surface area contributed by atoms with Gasteiger partial charge in [0.1, 0.15) is 6.79 Å². The zero-order chi connectivity index (χ0) is 14.3. The van der Waals surface area contributed by atoms with Crippen LogP contribution in [-0.4, -0.2) is 21.0 Å². The summed E-state index contributed by atoms with van der Waals surface area (Å²) in [6, 6.07) is 20.5. The van der Waals surface area contributed by atoms with Crippen molar-refractivity contribution in [2.24, 2.45) is 0 Å². The first-order valence-electron chi connectivity index (χ1n) is 6.22. The Labute approximate surface area is 117 Å². The Morgan fingerprint density at radius 3 is 1.05 bits per heavy atom. The summed E-state index contributed by atoms with van der Waals surface area (Å²) in [5.41, 5.74) is 2.64. The highest BCUT2D eigenvalue weighted by Gasteiger charge is 1.72. The lowest BCUT2D eigenvalue weighted by Gasteiger charge is -1.87. The molecule has 0 bridgehead atoms. The van der Waals surface area contributed by atoms with Gasteiger partial charge in [0.25, 0.3) is 0 Å². The SMILES string of the molecule is COCOC.Cc1ccccc1.Cc1ccccc1. The third kappa shape index (κ3) is 12.6. The van der Waals surface area contributed by atoms with Crippen molar-refractivity contribution in [3.05, 3.63) is 71.8 Å². The van der Waals surface area contributed by atoms with E-state index in [1.807, 2.05) is 36.4 Å². The maximum Gasteiger partial charge on any atom is 0.145 e. The molecule has 0 aliphatic rings. The van der Waals surface area contributed by atoms with Gasteiger partial charge in [0.2, 0.25) is 0 Å². The smallest absolute Gasteiger partial charge is 0.145 e. The van der Waals surface area contributed by atoms with Crippen LogP contribution in [0.25, 0.3) is 0 Å². The van der Waals surface area contributed by atoms with Crippen molar-refractivity contribution in [3.8, 4) is 0 Å². The maximum atomic E-state index is 4.47. The van der Waals surface area contributed by atoms with Gasteiger partial charge in [0.05, 0.1) is 0 Å². The van der Waals surface area contributed by atoms with Crippen LogP contribution in [0.2, 0.25) is 0 Å². The Morgan fingerprint density at radius 2 is 0.947 bits per heavy atom. The highest BCUT2D eigenvalue weighted by atomic mass is 16.6. The zero-order valence-electron chi connectivity index (χ0n) is 12.3. The molecule has 0 N–H and O–H groups in total. The monoisotopic (exact) mass is 260 g/mol. The van der Waals surface area contributed by atoms with E-state index in [4.69, 9.17) is 0 Å². The van der Waals surface area contributed by atoms with E-state index in [-0.39, 0.29) is 0 Å². The average Bonchev–Trinajstić information content (AvgIpc) is 2.43. The molecule has 0 heterocycles. The van der Waals surface area contributed by atoms with E-state index in [2.05, 4.69) is 47.6 Å². The van der Waals surface area contributed by atoms with E-state index in [0.29, 0.717) is 6.79 Å². The fourth-order valence-electron chi connectivity index (χ4n) is 1.19. The van der Waals surface area contributed by atoms with Crippen molar-refractivity contribution in [1.82, 2.24) is 0 Å². The number of rotatable bonds is 2. The summed E-state index contributed by atoms with van der Waals surface area (Å²) in [4.78, 5) is 0. The molecule has 19 heavy (non-hydrogen) atoms. The lowest BCUT2D eigenvalue weighted by Crippen LogP contribution is -1.87. The van der Waals surface area contributed by atoms with Crippen molar-refractivity contribution < 1.29 is 9.47 Å². The minimum Gasteiger partial charge on any atom is -0.359 e. The zero-order valence-corrected chi connectivity index (χ0v) is 12.3. The summed E-state index contributed by atoms with van der Waals surface area (Å²) in [6.07, 6.45) is 0. The molecular weight excluding hydrogens is 236 g/mol. The summed E-state index contributed by atoms with van der Waals surface area (Å²) >= 11 is 0. The average molecular weight is 260 g/mol. The van der Waals surface area contributed by atoms with E-state index in [1.165, 1.54) is 11.1 Å². The first kappa shape index (κ1) is 17.4. The lowest BCUT2D eigenvalue weighted by atomic mass is 10.2. The van der Waals surface area contributed by atoms with Gasteiger partial charge in [-0.2, -0.15) is 0 Å². The predicted octanol–water partition coefficient (Wildman–Crippen LogP) is 4.23. The van der Waals surface area contributed by atoms with Gasteiger partial charge in [-0.05, 0) is 13.8 Å². The van der Waals surface area contributed by atoms with Crippen LogP contribution in [0, 0.1) is 13.8 Å². The van der Waals surface area contributed by atoms with Crippen molar-refractivity contribution >= 4 is 0 Å². The van der Waals surface area contributed by atoms with Crippen LogP contribution in [0.1, 0.15) is 11.1 Å². The van der Waals surface area contributed by atoms with Gasteiger partial charge in [-0.1, -0.05) is 71.8 Å². The Hall–Kier alpha value is -1.64. The van der Waals surface area contributed by atoms with Gasteiger partial charge in [-0.15, -0.1) is 0 Å². The molecule has 0 amide bonds. The van der Waals surface area contributed by atoms with Crippen LogP contribution in [-0.2, 0) is 9.47 Å². The highest BCUT2D eigenvalue weighted by molar-refractivity contribution is 5.12. The highest BCUT2D eigenvalue weighted by Crippen LogP contribution is 1.92. The summed E-state index contributed by atoms with van der Waals surface area (Å²) in [5.74, 6) is 0. The van der Waals surface area contributed by atoms with Gasteiger partial charge in [-0.3, -0.25) is 0 Å². The summed E-state index contributed by atoms with van der Waals surface area (Å²) in [6.45, 7) is 4.56. The molecule has 0 fully saturated rings. The molecule has 0 aliphatic carbocycles. The minimum atomic E-state index is 0.389. The van der Waals surface area contributed by atoms with Crippen molar-refractivity contribution in [3.63, 3.8) is 0 Å². The molecule has 2 aromatic carbocycles. The number of ether oxygens (including phenoxy) is 2. The largest absolute Gasteiger partial charge is 0.359 e. The first-order valence-corrected chi connectivity index (χ1v) is 6.22. The van der Waals surface area contributed by atoms with Crippen LogP contribution in [0.15, 0.2) is 60.7 Å². The first-order chi connectivity index (χ1) is 9.20. The standard InChI is InChI=1S/2C7H8.C3H8O2/c2*1-7-5-3-2-4-6-7;1-4-3-5-2/h2*2-6H,1H3;3H2,1-2H3. The molecule has 2 aromatic rings. The second-order valence-electron chi connectivity index (χ2n) is 4.00. The topological polar surface area (TPSA) is 18.5 Å². The summed E-state index contributed by atoms with van der Waals surface area (Å²) in [7, 11) is 3.17. The molecule has 0 atom stereocenters. The van der Waals surface area contributed by atoms with Crippen LogP contribution in [0.3, 0.4) is 0 Å². The molecule has 2 heteroatoms. The van der Waals surface area contributed by atoms with E-state index in [9.17, 15) is 0 Å². The lowest BCUT2D eigenvalue weighted by molar-refractivity contribution is -0.00271. The minimum absolute atomic E-state index is 0.389. The Morgan fingerprint density at radius 1 is 0.632 bits per heavy atom. The molecule has 0 saturated carbocycles. The Balaban J connectivity index is 0.000000261. The van der Waals surface area contributed by atoms with Crippen molar-refractivity contribution in [2.75, 3.05) is 21.0 Å². The van der Waals surface area contributed by atoms with E-state index < -0.39 is 0 Å². The number of aryl methyl sites for hydroxylation is 2. The number of benzene rings is 2. The Kier molecular flexibility index (Phi) is 11.7. The van der Waals surface area contributed by atoms with Gasteiger partial charge >= 0.3 is 0 Å². The molecule has 0 spiro atoms. The van der Waals surface area contributed by atoms with Crippen molar-refractivity contribution in [2.45, 2.75) is 13.8 Å². The number of hydrogen-bond donors (Lipinski definition) is 0. The quantitative estimate of drug-likeness (QED) is 0.752. The van der Waals surface area contributed by atoms with Crippen LogP contribution < -0.4 is 0 Å². The van der Waals surface area contributed by atoms with E-state index in [0.717, 1.165) is 0 Å². The van der Waals surface area contributed by atoms with Crippen LogP contribution >= 0.6 is 0 Å². The molecule has 2 rings (SSSR count). The number of hydrogen-bond acceptors (Lipinski definition) is 2.